The molecule has 1 saturated carbocycles. The topological polar surface area (TPSA) is 87.7 Å². The summed E-state index contributed by atoms with van der Waals surface area (Å²) in [7, 11) is 0. The van der Waals surface area contributed by atoms with Crippen molar-refractivity contribution in [2.45, 2.75) is 57.0 Å². The van der Waals surface area contributed by atoms with Gasteiger partial charge in [-0.1, -0.05) is 73.5 Å². The number of carbonyl (C=O) groups excluding carboxylic acids is 3. The Bertz CT molecular complexity index is 929. The van der Waals surface area contributed by atoms with Crippen LogP contribution in [0.3, 0.4) is 0 Å². The minimum atomic E-state index is -1.15. The van der Waals surface area contributed by atoms with Gasteiger partial charge in [-0.05, 0) is 24.0 Å². The molecule has 2 aromatic rings. The second-order valence-electron chi connectivity index (χ2n) is 8.35. The minimum absolute atomic E-state index is 0.0705. The van der Waals surface area contributed by atoms with E-state index in [0.717, 1.165) is 36.8 Å². The minimum Gasteiger partial charge on any atom is -0.374 e. The first-order valence-electron chi connectivity index (χ1n) is 11.2. The van der Waals surface area contributed by atoms with E-state index in [4.69, 9.17) is 4.74 Å². The van der Waals surface area contributed by atoms with Crippen molar-refractivity contribution in [3.63, 3.8) is 0 Å². The Hall–Kier alpha value is -3.19. The van der Waals surface area contributed by atoms with E-state index in [9.17, 15) is 14.4 Å². The summed E-state index contributed by atoms with van der Waals surface area (Å²) >= 11 is 0. The van der Waals surface area contributed by atoms with E-state index in [1.165, 1.54) is 4.90 Å². The molecule has 1 aliphatic heterocycles. The monoisotopic (exact) mass is 435 g/mol. The summed E-state index contributed by atoms with van der Waals surface area (Å²) < 4.78 is 5.73. The molecule has 3 amide bonds. The van der Waals surface area contributed by atoms with Gasteiger partial charge in [-0.3, -0.25) is 14.4 Å². The zero-order valence-corrected chi connectivity index (χ0v) is 18.0. The molecule has 2 atom stereocenters. The molecule has 0 aromatic heterocycles. The third-order valence-electron chi connectivity index (χ3n) is 6.07. The van der Waals surface area contributed by atoms with E-state index in [1.54, 1.807) is 0 Å². The highest BCUT2D eigenvalue weighted by Gasteiger charge is 2.47. The number of piperazine rings is 1. The van der Waals surface area contributed by atoms with Crippen molar-refractivity contribution in [1.29, 1.82) is 0 Å². The van der Waals surface area contributed by atoms with Crippen LogP contribution in [-0.4, -0.2) is 47.4 Å². The normalized spacial score (nSPS) is 21.4. The number of nitrogens with zero attached hydrogens (tertiary/aromatic N) is 1. The molecule has 1 aliphatic carbocycles. The first-order valence-corrected chi connectivity index (χ1v) is 11.2. The van der Waals surface area contributed by atoms with Crippen molar-refractivity contribution in [1.82, 2.24) is 15.5 Å². The number of amides is 3. The standard InChI is InChI=1S/C25H29N3O4/c29-23(26-15-18-9-3-1-4-10-18)22-24(30)27-21(17-32-16-19-11-5-2-6-12-19)25(31)28(22)20-13-7-8-14-20/h1-6,9-12,20-22H,7-8,13-17H2,(H,26,29)(H,27,30)/t21-,22?/m0/s1. The smallest absolute Gasteiger partial charge is 0.253 e. The highest BCUT2D eigenvalue weighted by Crippen LogP contribution is 2.28. The van der Waals surface area contributed by atoms with Crippen LogP contribution in [-0.2, 0) is 32.3 Å². The summed E-state index contributed by atoms with van der Waals surface area (Å²) in [6.45, 7) is 0.728. The summed E-state index contributed by atoms with van der Waals surface area (Å²) in [6, 6.07) is 17.1. The third-order valence-corrected chi connectivity index (χ3v) is 6.07. The van der Waals surface area contributed by atoms with Gasteiger partial charge in [0.05, 0.1) is 13.2 Å². The van der Waals surface area contributed by atoms with Gasteiger partial charge in [0.2, 0.25) is 5.91 Å². The number of carbonyl (C=O) groups is 3. The SMILES string of the molecule is O=C(NCc1ccccc1)C1C(=O)N[C@@H](COCc2ccccc2)C(=O)N1C1CCCC1. The lowest BCUT2D eigenvalue weighted by molar-refractivity contribution is -0.158. The molecule has 2 fully saturated rings. The van der Waals surface area contributed by atoms with Gasteiger partial charge >= 0.3 is 0 Å². The largest absolute Gasteiger partial charge is 0.374 e. The van der Waals surface area contributed by atoms with Crippen LogP contribution in [0.2, 0.25) is 0 Å². The second-order valence-corrected chi connectivity index (χ2v) is 8.35. The van der Waals surface area contributed by atoms with Gasteiger partial charge in [0.25, 0.3) is 11.8 Å². The van der Waals surface area contributed by atoms with Gasteiger partial charge in [0.1, 0.15) is 6.04 Å². The first kappa shape index (κ1) is 22.0. The molecular formula is C25H29N3O4. The second kappa shape index (κ2) is 10.4. The van der Waals surface area contributed by atoms with Crippen LogP contribution in [0.1, 0.15) is 36.8 Å². The Morgan fingerprint density at radius 1 is 0.969 bits per heavy atom. The molecule has 1 saturated heterocycles. The van der Waals surface area contributed by atoms with Gasteiger partial charge in [0.15, 0.2) is 6.04 Å². The molecule has 7 nitrogen and oxygen atoms in total. The van der Waals surface area contributed by atoms with Crippen LogP contribution >= 0.6 is 0 Å². The number of rotatable bonds is 8. The van der Waals surface area contributed by atoms with Crippen LogP contribution in [0.25, 0.3) is 0 Å². The van der Waals surface area contributed by atoms with E-state index >= 15 is 0 Å². The van der Waals surface area contributed by atoms with Crippen LogP contribution in [0.15, 0.2) is 60.7 Å². The Kier molecular flexibility index (Phi) is 7.17. The number of ether oxygens (including phenoxy) is 1. The molecule has 0 spiro atoms. The molecule has 2 N–H and O–H groups in total. The van der Waals surface area contributed by atoms with Gasteiger partial charge in [0, 0.05) is 12.6 Å². The maximum Gasteiger partial charge on any atom is 0.253 e. The Morgan fingerprint density at radius 2 is 1.59 bits per heavy atom. The maximum absolute atomic E-state index is 13.3. The summed E-state index contributed by atoms with van der Waals surface area (Å²) in [6.07, 6.45) is 3.59. The van der Waals surface area contributed by atoms with Crippen LogP contribution < -0.4 is 10.6 Å². The van der Waals surface area contributed by atoms with Crippen LogP contribution in [0.4, 0.5) is 0 Å². The average Bonchev–Trinajstić information content (AvgIpc) is 3.35. The van der Waals surface area contributed by atoms with Crippen LogP contribution in [0, 0.1) is 0 Å². The quantitative estimate of drug-likeness (QED) is 0.622. The summed E-state index contributed by atoms with van der Waals surface area (Å²) in [4.78, 5) is 40.8. The number of benzene rings is 2. The van der Waals surface area contributed by atoms with E-state index in [-0.39, 0.29) is 18.6 Å². The Morgan fingerprint density at radius 3 is 2.25 bits per heavy atom. The van der Waals surface area contributed by atoms with Gasteiger partial charge < -0.3 is 20.3 Å². The fraction of sp³-hybridized carbons (Fsp3) is 0.400. The summed E-state index contributed by atoms with van der Waals surface area (Å²) in [5, 5.41) is 5.55. The third kappa shape index (κ3) is 5.16. The molecular weight excluding hydrogens is 406 g/mol. The van der Waals surface area contributed by atoms with Crippen molar-refractivity contribution in [3.8, 4) is 0 Å². The van der Waals surface area contributed by atoms with E-state index in [0.29, 0.717) is 13.2 Å². The van der Waals surface area contributed by atoms with Crippen molar-refractivity contribution < 1.29 is 19.1 Å². The fourth-order valence-corrected chi connectivity index (χ4v) is 4.43. The maximum atomic E-state index is 13.3. The zero-order valence-electron chi connectivity index (χ0n) is 18.0. The molecule has 7 heteroatoms. The molecule has 1 heterocycles. The number of hydrogen-bond acceptors (Lipinski definition) is 4. The lowest BCUT2D eigenvalue weighted by Gasteiger charge is -2.41. The molecule has 0 bridgehead atoms. The molecule has 1 unspecified atom stereocenters. The molecule has 2 aromatic carbocycles. The average molecular weight is 436 g/mol. The van der Waals surface area contributed by atoms with E-state index in [1.807, 2.05) is 60.7 Å². The number of nitrogens with one attached hydrogen (secondary N) is 2. The van der Waals surface area contributed by atoms with Crippen molar-refractivity contribution in [2.75, 3.05) is 6.61 Å². The fourth-order valence-electron chi connectivity index (χ4n) is 4.43. The summed E-state index contributed by atoms with van der Waals surface area (Å²) in [5.41, 5.74) is 1.93. The predicted molar refractivity (Wildman–Crippen MR) is 119 cm³/mol. The lowest BCUT2D eigenvalue weighted by atomic mass is 10.0. The molecule has 32 heavy (non-hydrogen) atoms. The molecule has 2 aliphatic rings. The van der Waals surface area contributed by atoms with Gasteiger partial charge in [-0.2, -0.15) is 0 Å². The first-order chi connectivity index (χ1) is 15.6. The van der Waals surface area contributed by atoms with Crippen LogP contribution in [0.5, 0.6) is 0 Å². The van der Waals surface area contributed by atoms with Crippen molar-refractivity contribution in [3.05, 3.63) is 71.8 Å². The highest BCUT2D eigenvalue weighted by molar-refractivity contribution is 6.10. The van der Waals surface area contributed by atoms with Crippen molar-refractivity contribution in [2.24, 2.45) is 0 Å². The predicted octanol–water partition coefficient (Wildman–Crippen LogP) is 2.16. The van der Waals surface area contributed by atoms with Gasteiger partial charge in [-0.25, -0.2) is 0 Å². The molecule has 0 radical (unpaired) electrons. The zero-order chi connectivity index (χ0) is 22.3. The summed E-state index contributed by atoms with van der Waals surface area (Å²) in [5.74, 6) is -1.14. The number of hydrogen-bond donors (Lipinski definition) is 2. The molecule has 4 rings (SSSR count). The highest BCUT2D eigenvalue weighted by atomic mass is 16.5. The van der Waals surface area contributed by atoms with E-state index in [2.05, 4.69) is 10.6 Å². The molecule has 168 valence electrons. The Labute approximate surface area is 188 Å². The Balaban J connectivity index is 1.43. The van der Waals surface area contributed by atoms with Gasteiger partial charge in [-0.15, -0.1) is 0 Å². The van der Waals surface area contributed by atoms with Crippen molar-refractivity contribution >= 4 is 17.7 Å². The van der Waals surface area contributed by atoms with E-state index < -0.39 is 23.9 Å². The lowest BCUT2D eigenvalue weighted by Crippen LogP contribution is -2.69.